The van der Waals surface area contributed by atoms with Crippen molar-refractivity contribution in [2.45, 2.75) is 45.6 Å². The van der Waals surface area contributed by atoms with E-state index in [0.717, 1.165) is 17.7 Å². The van der Waals surface area contributed by atoms with Crippen molar-refractivity contribution in [1.82, 2.24) is 24.4 Å². The molecule has 2 aromatic heterocycles. The number of amidine groups is 1. The number of piperazine rings is 1. The zero-order valence-corrected chi connectivity index (χ0v) is 23.1. The zero-order valence-electron chi connectivity index (χ0n) is 23.1. The minimum atomic E-state index is -0.954. The average Bonchev–Trinajstić information content (AvgIpc) is 3.27. The molecule has 0 atom stereocenters. The molecule has 4 N–H and O–H groups in total. The largest absolute Gasteiger partial charge is 0.379 e. The quantitative estimate of drug-likeness (QED) is 0.289. The van der Waals surface area contributed by atoms with E-state index in [4.69, 9.17) is 11.5 Å². The minimum Gasteiger partial charge on any atom is -0.379 e. The van der Waals surface area contributed by atoms with Crippen LogP contribution in [0.15, 0.2) is 41.5 Å². The van der Waals surface area contributed by atoms with E-state index in [-0.39, 0.29) is 22.6 Å². The third-order valence-electron chi connectivity index (χ3n) is 6.57. The van der Waals surface area contributed by atoms with Crippen molar-refractivity contribution in [2.24, 2.45) is 16.5 Å². The fourth-order valence-corrected chi connectivity index (χ4v) is 4.11. The van der Waals surface area contributed by atoms with E-state index in [9.17, 15) is 18.8 Å². The average molecular weight is 539 g/mol. The summed E-state index contributed by atoms with van der Waals surface area (Å²) in [6, 6.07) is 7.18. The van der Waals surface area contributed by atoms with E-state index in [1.807, 2.05) is 27.0 Å². The fraction of sp³-hybridized carbons (Fsp3) is 0.407. The van der Waals surface area contributed by atoms with Crippen molar-refractivity contribution in [3.05, 3.63) is 53.6 Å². The number of aldehydes is 1. The number of nitrogens with two attached hydrogens (primary N) is 2. The van der Waals surface area contributed by atoms with Gasteiger partial charge in [0.2, 0.25) is 0 Å². The smallest absolute Gasteiger partial charge is 0.340 e. The van der Waals surface area contributed by atoms with Crippen molar-refractivity contribution in [1.29, 1.82) is 0 Å². The Bertz CT molecular complexity index is 1410. The molecule has 4 rings (SSSR count). The van der Waals surface area contributed by atoms with E-state index in [1.54, 1.807) is 27.7 Å². The number of hydrogen-bond acceptors (Lipinski definition) is 6. The number of carbonyl (C=O) groups is 3. The van der Waals surface area contributed by atoms with E-state index in [1.165, 1.54) is 12.1 Å². The summed E-state index contributed by atoms with van der Waals surface area (Å²) in [5.74, 6) is -1.07. The van der Waals surface area contributed by atoms with Crippen LogP contribution < -0.4 is 11.5 Å². The normalized spacial score (nSPS) is 16.0. The number of carbonyl (C=O) groups excluding carboxylic acids is 3. The molecule has 1 aliphatic rings. The van der Waals surface area contributed by atoms with Crippen molar-refractivity contribution in [3.8, 4) is 11.3 Å². The first-order valence-electron chi connectivity index (χ1n) is 12.4. The number of aromatic nitrogens is 3. The lowest BCUT2D eigenvalue weighted by Gasteiger charge is -2.45. The first-order chi connectivity index (χ1) is 18.1. The Balaban J connectivity index is 0.000000224. The number of primary amides is 1. The van der Waals surface area contributed by atoms with Gasteiger partial charge in [-0.05, 0) is 56.6 Å². The van der Waals surface area contributed by atoms with Gasteiger partial charge in [-0.1, -0.05) is 20.8 Å². The van der Waals surface area contributed by atoms with Crippen LogP contribution in [-0.4, -0.2) is 80.7 Å². The van der Waals surface area contributed by atoms with Crippen LogP contribution in [0.1, 0.15) is 50.7 Å². The van der Waals surface area contributed by atoms with E-state index >= 15 is 0 Å². The summed E-state index contributed by atoms with van der Waals surface area (Å²) in [4.78, 5) is 44.7. The summed E-state index contributed by atoms with van der Waals surface area (Å²) >= 11 is 0. The van der Waals surface area contributed by atoms with Crippen LogP contribution in [0.3, 0.4) is 0 Å². The van der Waals surface area contributed by atoms with Crippen LogP contribution in [0.2, 0.25) is 0 Å². The number of likely N-dealkylation sites (N-methyl/N-ethyl adjacent to an activating group) is 1. The molecule has 12 heteroatoms. The summed E-state index contributed by atoms with van der Waals surface area (Å²) in [5, 5.41) is 4.49. The molecule has 1 aliphatic heterocycles. The SMILES string of the molecule is CC(C)(C)c1cc(-c2ccc(F)cc2)nn2cc(C=O)nc12.CN1CCN(C(=O)/C(N)=N/C(N)=O)CC1(C)C. The molecule has 0 aliphatic carbocycles. The highest BCUT2D eigenvalue weighted by atomic mass is 19.1. The predicted octanol–water partition coefficient (Wildman–Crippen LogP) is 2.62. The number of urea groups is 1. The molecule has 0 unspecified atom stereocenters. The van der Waals surface area contributed by atoms with Crippen molar-refractivity contribution >= 4 is 29.7 Å². The predicted molar refractivity (Wildman–Crippen MR) is 147 cm³/mol. The van der Waals surface area contributed by atoms with Gasteiger partial charge in [-0.3, -0.25) is 14.5 Å². The summed E-state index contributed by atoms with van der Waals surface area (Å²) in [6.07, 6.45) is 2.31. The van der Waals surface area contributed by atoms with Gasteiger partial charge in [-0.15, -0.1) is 0 Å². The van der Waals surface area contributed by atoms with Crippen LogP contribution in [0, 0.1) is 5.82 Å². The molecule has 1 aromatic carbocycles. The second-order valence-corrected chi connectivity index (χ2v) is 11.0. The van der Waals surface area contributed by atoms with E-state index < -0.39 is 11.9 Å². The lowest BCUT2D eigenvalue weighted by molar-refractivity contribution is -0.128. The van der Waals surface area contributed by atoms with Gasteiger partial charge < -0.3 is 16.4 Å². The third-order valence-corrected chi connectivity index (χ3v) is 6.57. The Kier molecular flexibility index (Phi) is 8.49. The number of amides is 3. The van der Waals surface area contributed by atoms with E-state index in [0.29, 0.717) is 36.4 Å². The highest BCUT2D eigenvalue weighted by molar-refractivity contribution is 6.38. The Morgan fingerprint density at radius 1 is 1.13 bits per heavy atom. The molecule has 0 spiro atoms. The standard InChI is InChI=1S/C17H16FN3O.C10H19N5O2/c1-17(2,3)14-8-15(11-4-6-12(18)7-5-11)20-21-9-13(10-22)19-16(14)21;1-10(2)6-15(5-4-14(10)3)8(16)7(11)13-9(12)17/h4-10H,1-3H3;4-6H2,1-3H3,(H4,11,12,13,17). The molecule has 0 bridgehead atoms. The van der Waals surface area contributed by atoms with Gasteiger partial charge in [-0.25, -0.2) is 18.7 Å². The summed E-state index contributed by atoms with van der Waals surface area (Å²) in [5.41, 5.74) is 13.5. The van der Waals surface area contributed by atoms with Crippen LogP contribution in [0.4, 0.5) is 9.18 Å². The molecule has 3 heterocycles. The van der Waals surface area contributed by atoms with Gasteiger partial charge in [0.25, 0.3) is 5.91 Å². The Morgan fingerprint density at radius 3 is 2.31 bits per heavy atom. The molecule has 3 amide bonds. The van der Waals surface area contributed by atoms with Crippen molar-refractivity contribution < 1.29 is 18.8 Å². The zero-order chi connectivity index (χ0) is 29.1. The van der Waals surface area contributed by atoms with Crippen molar-refractivity contribution in [3.63, 3.8) is 0 Å². The van der Waals surface area contributed by atoms with Gasteiger partial charge >= 0.3 is 6.03 Å². The van der Waals surface area contributed by atoms with Gasteiger partial charge in [0, 0.05) is 36.3 Å². The topological polar surface area (TPSA) is 152 Å². The fourth-order valence-electron chi connectivity index (χ4n) is 4.11. The first kappa shape index (κ1) is 29.4. The Labute approximate surface area is 226 Å². The Morgan fingerprint density at radius 2 is 1.77 bits per heavy atom. The highest BCUT2D eigenvalue weighted by Crippen LogP contribution is 2.29. The molecule has 1 fully saturated rings. The number of aliphatic imine (C=N–C) groups is 1. The first-order valence-corrected chi connectivity index (χ1v) is 12.4. The number of hydrogen-bond donors (Lipinski definition) is 2. The summed E-state index contributed by atoms with van der Waals surface area (Å²) in [6.45, 7) is 12.2. The van der Waals surface area contributed by atoms with Gasteiger partial charge in [0.1, 0.15) is 11.5 Å². The number of rotatable bonds is 2. The molecule has 208 valence electrons. The molecule has 39 heavy (non-hydrogen) atoms. The maximum atomic E-state index is 13.1. The number of halogens is 1. The van der Waals surface area contributed by atoms with Crippen LogP contribution in [0.25, 0.3) is 16.9 Å². The highest BCUT2D eigenvalue weighted by Gasteiger charge is 2.34. The Hall–Kier alpha value is -4.19. The van der Waals surface area contributed by atoms with Crippen LogP contribution >= 0.6 is 0 Å². The van der Waals surface area contributed by atoms with E-state index in [2.05, 4.69) is 40.7 Å². The minimum absolute atomic E-state index is 0.124. The number of nitrogens with zero attached hydrogens (tertiary/aromatic N) is 6. The third kappa shape index (κ3) is 7.02. The van der Waals surface area contributed by atoms with Crippen LogP contribution in [-0.2, 0) is 10.2 Å². The summed E-state index contributed by atoms with van der Waals surface area (Å²) in [7, 11) is 2.00. The maximum Gasteiger partial charge on any atom is 0.340 e. The van der Waals surface area contributed by atoms with Gasteiger partial charge in [0.15, 0.2) is 17.8 Å². The number of imidazole rings is 1. The second kappa shape index (κ2) is 11.3. The lowest BCUT2D eigenvalue weighted by Crippen LogP contribution is -2.60. The van der Waals surface area contributed by atoms with Crippen molar-refractivity contribution in [2.75, 3.05) is 26.7 Å². The van der Waals surface area contributed by atoms with Crippen LogP contribution in [0.5, 0.6) is 0 Å². The maximum absolute atomic E-state index is 13.1. The number of fused-ring (bicyclic) bond motifs is 1. The summed E-state index contributed by atoms with van der Waals surface area (Å²) < 4.78 is 14.7. The molecule has 0 saturated carbocycles. The molecule has 0 radical (unpaired) electrons. The second-order valence-electron chi connectivity index (χ2n) is 11.0. The molecule has 3 aromatic rings. The number of benzene rings is 1. The van der Waals surface area contributed by atoms with Gasteiger partial charge in [-0.2, -0.15) is 10.1 Å². The van der Waals surface area contributed by atoms with Gasteiger partial charge in [0.05, 0.1) is 11.9 Å². The molecule has 1 saturated heterocycles. The molecular formula is C27H35FN8O3. The lowest BCUT2D eigenvalue weighted by atomic mass is 9.87. The molecule has 11 nitrogen and oxygen atoms in total. The monoisotopic (exact) mass is 538 g/mol. The molecular weight excluding hydrogens is 503 g/mol.